The molecule has 3 rings (SSSR count). The van der Waals surface area contributed by atoms with Crippen LogP contribution in [-0.4, -0.2) is 40.1 Å². The minimum Gasteiger partial charge on any atom is -0.471 e. The molecular weight excluding hydrogens is 246 g/mol. The number of hydrogen-bond donors (Lipinski definition) is 0. The van der Waals surface area contributed by atoms with E-state index in [0.29, 0.717) is 19.0 Å². The average Bonchev–Trinajstić information content (AvgIpc) is 2.86. The largest absolute Gasteiger partial charge is 0.471 e. The van der Waals surface area contributed by atoms with Gasteiger partial charge in [0.15, 0.2) is 0 Å². The minimum atomic E-state index is -0.158. The maximum absolute atomic E-state index is 11.9. The molecule has 0 unspecified atom stereocenters. The number of aromatic nitrogens is 2. The van der Waals surface area contributed by atoms with Crippen molar-refractivity contribution in [2.45, 2.75) is 13.0 Å². The van der Waals surface area contributed by atoms with Crippen molar-refractivity contribution < 1.29 is 14.1 Å². The molecule has 0 aliphatic carbocycles. The summed E-state index contributed by atoms with van der Waals surface area (Å²) in [5.74, 6) is 0.693. The number of carbonyl (C=O) groups excluding carboxylic acids is 1. The molecule has 6 heteroatoms. The Kier molecular flexibility index (Phi) is 2.91. The van der Waals surface area contributed by atoms with Gasteiger partial charge in [-0.1, -0.05) is 11.2 Å². The van der Waals surface area contributed by atoms with Crippen molar-refractivity contribution in [1.82, 2.24) is 15.0 Å². The lowest BCUT2D eigenvalue weighted by atomic mass is 10.1. The van der Waals surface area contributed by atoms with Crippen molar-refractivity contribution in [3.05, 3.63) is 41.9 Å². The van der Waals surface area contributed by atoms with Gasteiger partial charge in [-0.15, -0.1) is 0 Å². The van der Waals surface area contributed by atoms with Gasteiger partial charge in [0.2, 0.25) is 11.6 Å². The van der Waals surface area contributed by atoms with Crippen LogP contribution in [0.3, 0.4) is 0 Å². The molecule has 1 aliphatic rings. The van der Waals surface area contributed by atoms with Crippen LogP contribution in [0.2, 0.25) is 0 Å². The Hall–Kier alpha value is -2.37. The molecule has 1 fully saturated rings. The molecule has 0 aromatic carbocycles. The van der Waals surface area contributed by atoms with Gasteiger partial charge < -0.3 is 14.2 Å². The first-order valence-corrected chi connectivity index (χ1v) is 6.02. The molecule has 2 aromatic heterocycles. The van der Waals surface area contributed by atoms with Crippen LogP contribution in [0.4, 0.5) is 0 Å². The normalized spacial score (nSPS) is 15.1. The number of ether oxygens (including phenoxy) is 1. The van der Waals surface area contributed by atoms with Crippen molar-refractivity contribution >= 4 is 5.91 Å². The van der Waals surface area contributed by atoms with Crippen molar-refractivity contribution in [3.63, 3.8) is 0 Å². The summed E-state index contributed by atoms with van der Waals surface area (Å²) >= 11 is 0. The van der Waals surface area contributed by atoms with Crippen LogP contribution in [0.15, 0.2) is 35.0 Å². The maximum atomic E-state index is 11.9. The Morgan fingerprint density at radius 3 is 2.95 bits per heavy atom. The molecule has 1 amide bonds. The van der Waals surface area contributed by atoms with E-state index in [1.165, 1.54) is 6.20 Å². The molecule has 98 valence electrons. The predicted molar refractivity (Wildman–Crippen MR) is 65.8 cm³/mol. The minimum absolute atomic E-state index is 0.0128. The van der Waals surface area contributed by atoms with Crippen LogP contribution >= 0.6 is 0 Å². The highest BCUT2D eigenvalue weighted by Crippen LogP contribution is 2.18. The van der Waals surface area contributed by atoms with Crippen LogP contribution in [0, 0.1) is 6.92 Å². The number of rotatable bonds is 3. The summed E-state index contributed by atoms with van der Waals surface area (Å²) < 4.78 is 10.5. The van der Waals surface area contributed by atoms with Crippen LogP contribution in [0.1, 0.15) is 16.2 Å². The lowest BCUT2D eigenvalue weighted by Crippen LogP contribution is -2.56. The number of amides is 1. The van der Waals surface area contributed by atoms with Crippen molar-refractivity contribution in [3.8, 4) is 5.88 Å². The molecular formula is C13H13N3O3. The zero-order valence-corrected chi connectivity index (χ0v) is 10.4. The second-order valence-corrected chi connectivity index (χ2v) is 4.44. The summed E-state index contributed by atoms with van der Waals surface area (Å²) in [7, 11) is 0. The number of likely N-dealkylation sites (tertiary alicyclic amines) is 1. The highest BCUT2D eigenvalue weighted by molar-refractivity contribution is 5.91. The highest BCUT2D eigenvalue weighted by Gasteiger charge is 2.34. The van der Waals surface area contributed by atoms with E-state index in [1.54, 1.807) is 11.0 Å². The van der Waals surface area contributed by atoms with Gasteiger partial charge in [0.25, 0.3) is 5.91 Å². The van der Waals surface area contributed by atoms with Crippen LogP contribution in [0.5, 0.6) is 5.88 Å². The van der Waals surface area contributed by atoms with Gasteiger partial charge in [-0.25, -0.2) is 4.98 Å². The van der Waals surface area contributed by atoms with Crippen LogP contribution in [0.25, 0.3) is 0 Å². The Balaban J connectivity index is 1.54. The molecule has 0 bridgehead atoms. The first-order chi connectivity index (χ1) is 9.22. The molecule has 19 heavy (non-hydrogen) atoms. The van der Waals surface area contributed by atoms with E-state index in [4.69, 9.17) is 9.26 Å². The predicted octanol–water partition coefficient (Wildman–Crippen LogP) is 1.28. The Labute approximate surface area is 110 Å². The molecule has 0 atom stereocenters. The summed E-state index contributed by atoms with van der Waals surface area (Å²) in [5, 5.41) is 3.52. The topological polar surface area (TPSA) is 68.5 Å². The van der Waals surface area contributed by atoms with Crippen molar-refractivity contribution in [2.75, 3.05) is 13.1 Å². The molecule has 0 radical (unpaired) electrons. The van der Waals surface area contributed by atoms with Crippen molar-refractivity contribution in [2.24, 2.45) is 0 Å². The molecule has 6 nitrogen and oxygen atoms in total. The van der Waals surface area contributed by atoms with E-state index >= 15 is 0 Å². The highest BCUT2D eigenvalue weighted by atomic mass is 16.5. The fourth-order valence-electron chi connectivity index (χ4n) is 1.91. The number of carbonyl (C=O) groups is 1. The van der Waals surface area contributed by atoms with Crippen LogP contribution in [-0.2, 0) is 0 Å². The van der Waals surface area contributed by atoms with E-state index in [0.717, 1.165) is 5.69 Å². The van der Waals surface area contributed by atoms with E-state index < -0.39 is 0 Å². The zero-order valence-electron chi connectivity index (χ0n) is 10.4. The number of hydrogen-bond acceptors (Lipinski definition) is 5. The fourth-order valence-corrected chi connectivity index (χ4v) is 1.91. The Bertz CT molecular complexity index is 577. The number of pyridine rings is 1. The number of aryl methyl sites for hydroxylation is 1. The Morgan fingerprint density at radius 1 is 1.42 bits per heavy atom. The number of nitrogens with zero attached hydrogens (tertiary/aromatic N) is 3. The second-order valence-electron chi connectivity index (χ2n) is 4.44. The van der Waals surface area contributed by atoms with E-state index in [2.05, 4.69) is 10.1 Å². The van der Waals surface area contributed by atoms with E-state index in [-0.39, 0.29) is 17.8 Å². The Morgan fingerprint density at radius 2 is 2.26 bits per heavy atom. The molecule has 1 aliphatic heterocycles. The van der Waals surface area contributed by atoms with E-state index in [9.17, 15) is 4.79 Å². The quantitative estimate of drug-likeness (QED) is 0.830. The molecule has 0 saturated carbocycles. The smallest absolute Gasteiger partial charge is 0.292 e. The van der Waals surface area contributed by atoms with Gasteiger partial charge in [0.05, 0.1) is 19.3 Å². The van der Waals surface area contributed by atoms with Gasteiger partial charge in [0, 0.05) is 17.8 Å². The molecule has 2 aromatic rings. The fraction of sp³-hybridized carbons (Fsp3) is 0.308. The maximum Gasteiger partial charge on any atom is 0.292 e. The summed E-state index contributed by atoms with van der Waals surface area (Å²) in [6.07, 6.45) is 1.44. The standard InChI is InChI=1S/C13H13N3O3/c1-9-3-2-4-12(15-9)18-10-7-16(8-10)13(17)11-5-6-14-19-11/h2-6,10H,7-8H2,1H3. The third kappa shape index (κ3) is 2.42. The van der Waals surface area contributed by atoms with Gasteiger partial charge >= 0.3 is 0 Å². The average molecular weight is 259 g/mol. The van der Waals surface area contributed by atoms with Gasteiger partial charge in [0.1, 0.15) is 6.10 Å². The summed E-state index contributed by atoms with van der Waals surface area (Å²) in [6.45, 7) is 2.98. The SMILES string of the molecule is Cc1cccc(OC2CN(C(=O)c3ccno3)C2)n1. The first-order valence-electron chi connectivity index (χ1n) is 6.02. The van der Waals surface area contributed by atoms with Gasteiger partial charge in [-0.2, -0.15) is 0 Å². The van der Waals surface area contributed by atoms with Gasteiger partial charge in [-0.05, 0) is 13.0 Å². The van der Waals surface area contributed by atoms with Crippen LogP contribution < -0.4 is 4.74 Å². The molecule has 0 N–H and O–H groups in total. The van der Waals surface area contributed by atoms with Crippen molar-refractivity contribution in [1.29, 1.82) is 0 Å². The third-order valence-corrected chi connectivity index (χ3v) is 2.93. The third-order valence-electron chi connectivity index (χ3n) is 2.93. The summed E-state index contributed by atoms with van der Waals surface area (Å²) in [5.41, 5.74) is 0.909. The second kappa shape index (κ2) is 4.72. The summed E-state index contributed by atoms with van der Waals surface area (Å²) in [6, 6.07) is 7.17. The molecule has 1 saturated heterocycles. The monoisotopic (exact) mass is 259 g/mol. The van der Waals surface area contributed by atoms with E-state index in [1.807, 2.05) is 25.1 Å². The first kappa shape index (κ1) is 11.7. The summed E-state index contributed by atoms with van der Waals surface area (Å²) in [4.78, 5) is 17.8. The van der Waals surface area contributed by atoms with Gasteiger partial charge in [-0.3, -0.25) is 4.79 Å². The lowest BCUT2D eigenvalue weighted by Gasteiger charge is -2.37. The lowest BCUT2D eigenvalue weighted by molar-refractivity contribution is 0.0132. The molecule has 3 heterocycles. The molecule has 0 spiro atoms. The zero-order chi connectivity index (χ0) is 13.2.